The van der Waals surface area contributed by atoms with Crippen molar-refractivity contribution in [3.8, 4) is 0 Å². The molecule has 2 amide bonds. The predicted molar refractivity (Wildman–Crippen MR) is 110 cm³/mol. The minimum atomic E-state index is -4.53. The zero-order valence-electron chi connectivity index (χ0n) is 16.8. The number of rotatable bonds is 3. The minimum Gasteiger partial charge on any atom is -0.349 e. The molecule has 3 aromatic heterocycles. The summed E-state index contributed by atoms with van der Waals surface area (Å²) in [4.78, 5) is 41.4. The van der Waals surface area contributed by atoms with Crippen LogP contribution >= 0.6 is 11.3 Å². The molecule has 32 heavy (non-hydrogen) atoms. The number of fused-ring (bicyclic) bond motifs is 1. The number of pyridine rings is 1. The molecule has 0 spiro atoms. The summed E-state index contributed by atoms with van der Waals surface area (Å²) in [6.07, 6.45) is -2.91. The molecule has 0 unspecified atom stereocenters. The number of halogens is 3. The van der Waals surface area contributed by atoms with Crippen LogP contribution in [0.3, 0.4) is 0 Å². The topological polar surface area (TPSA) is 85.4 Å². The van der Waals surface area contributed by atoms with Gasteiger partial charge in [-0.05, 0) is 18.2 Å². The molecule has 1 N–H and O–H groups in total. The maximum absolute atomic E-state index is 12.9. The van der Waals surface area contributed by atoms with Crippen LogP contribution in [-0.2, 0) is 6.18 Å². The first-order chi connectivity index (χ1) is 15.3. The van der Waals surface area contributed by atoms with Crippen molar-refractivity contribution >= 4 is 34.2 Å². The van der Waals surface area contributed by atoms with E-state index in [0.29, 0.717) is 36.7 Å². The molecule has 5 rings (SSSR count). The molecular formula is C20H19F3N6O2S. The average Bonchev–Trinajstić information content (AvgIpc) is 3.41. The highest BCUT2D eigenvalue weighted by Crippen LogP contribution is 2.29. The van der Waals surface area contributed by atoms with Crippen molar-refractivity contribution in [3.63, 3.8) is 0 Å². The lowest BCUT2D eigenvalue weighted by molar-refractivity contribution is -0.140. The molecular weight excluding hydrogens is 445 g/mol. The van der Waals surface area contributed by atoms with E-state index in [9.17, 15) is 22.8 Å². The Bertz CT molecular complexity index is 1150. The zero-order valence-corrected chi connectivity index (χ0v) is 17.6. The molecule has 0 atom stereocenters. The third-order valence-corrected chi connectivity index (χ3v) is 6.64. The minimum absolute atomic E-state index is 0.0498. The van der Waals surface area contributed by atoms with Gasteiger partial charge in [0.15, 0.2) is 5.01 Å². The summed E-state index contributed by atoms with van der Waals surface area (Å²) in [5.74, 6) is -0.309. The van der Waals surface area contributed by atoms with E-state index >= 15 is 0 Å². The van der Waals surface area contributed by atoms with Crippen LogP contribution in [-0.4, -0.2) is 86.8 Å². The number of nitrogens with one attached hydrogen (secondary N) is 1. The number of thiazole rings is 1. The Kier molecular flexibility index (Phi) is 5.13. The number of carbonyl (C=O) groups is 2. The number of likely N-dealkylation sites (tertiary alicyclic amines) is 1. The Hall–Kier alpha value is -2.99. The first-order valence-electron chi connectivity index (χ1n) is 10.1. The highest BCUT2D eigenvalue weighted by molar-refractivity contribution is 7.11. The Morgan fingerprint density at radius 3 is 2.47 bits per heavy atom. The molecule has 2 saturated heterocycles. The van der Waals surface area contributed by atoms with Gasteiger partial charge in [0.1, 0.15) is 11.4 Å². The number of hydrogen-bond donors (Lipinski definition) is 1. The molecule has 0 radical (unpaired) electrons. The lowest BCUT2D eigenvalue weighted by Crippen LogP contribution is -2.64. The molecule has 168 valence electrons. The second kappa shape index (κ2) is 7.85. The maximum Gasteiger partial charge on any atom is 0.433 e. The third-order valence-electron chi connectivity index (χ3n) is 5.88. The lowest BCUT2D eigenvalue weighted by Gasteiger charge is -2.47. The molecule has 2 aliphatic heterocycles. The van der Waals surface area contributed by atoms with Crippen molar-refractivity contribution in [1.82, 2.24) is 29.7 Å². The summed E-state index contributed by atoms with van der Waals surface area (Å²) in [6, 6.07) is 3.75. The van der Waals surface area contributed by atoms with Crippen molar-refractivity contribution in [2.45, 2.75) is 12.2 Å². The van der Waals surface area contributed by atoms with Gasteiger partial charge in [-0.15, -0.1) is 11.3 Å². The zero-order chi connectivity index (χ0) is 22.5. The van der Waals surface area contributed by atoms with E-state index in [1.807, 2.05) is 0 Å². The van der Waals surface area contributed by atoms with Crippen molar-refractivity contribution in [2.75, 3.05) is 39.3 Å². The predicted octanol–water partition coefficient (Wildman–Crippen LogP) is 2.32. The van der Waals surface area contributed by atoms with Gasteiger partial charge in [-0.2, -0.15) is 13.2 Å². The van der Waals surface area contributed by atoms with Crippen molar-refractivity contribution < 1.29 is 22.8 Å². The van der Waals surface area contributed by atoms with E-state index in [1.54, 1.807) is 21.4 Å². The Morgan fingerprint density at radius 2 is 1.81 bits per heavy atom. The van der Waals surface area contributed by atoms with Crippen molar-refractivity contribution in [1.29, 1.82) is 0 Å². The number of piperazine rings is 1. The monoisotopic (exact) mass is 464 g/mol. The summed E-state index contributed by atoms with van der Waals surface area (Å²) in [5.41, 5.74) is -0.260. The highest BCUT2D eigenvalue weighted by atomic mass is 32.1. The van der Waals surface area contributed by atoms with Gasteiger partial charge in [0.2, 0.25) is 0 Å². The van der Waals surface area contributed by atoms with Crippen molar-refractivity contribution in [2.24, 2.45) is 0 Å². The fraction of sp³-hybridized carbons (Fsp3) is 0.400. The van der Waals surface area contributed by atoms with E-state index in [1.165, 1.54) is 23.5 Å². The first-order valence-corrected chi connectivity index (χ1v) is 11.0. The molecule has 12 heteroatoms. The molecule has 8 nitrogen and oxygen atoms in total. The molecule has 0 aliphatic carbocycles. The average molecular weight is 464 g/mol. The summed E-state index contributed by atoms with van der Waals surface area (Å²) in [6.45, 7) is 3.74. The SMILES string of the molecule is O=C(c1cc2nc(C(F)(F)F)ccc2[nH]1)N1CC(N2CCN(C(=O)c3nccs3)CC2)C1. The Labute approximate surface area is 184 Å². The number of hydrogen-bond acceptors (Lipinski definition) is 6. The lowest BCUT2D eigenvalue weighted by atomic mass is 10.1. The van der Waals surface area contributed by atoms with Crippen LogP contribution in [0.4, 0.5) is 13.2 Å². The van der Waals surface area contributed by atoms with Crippen LogP contribution in [0.15, 0.2) is 29.8 Å². The molecule has 2 fully saturated rings. The Balaban J connectivity index is 1.16. The fourth-order valence-corrected chi connectivity index (χ4v) is 4.66. The van der Waals surface area contributed by atoms with Gasteiger partial charge in [-0.1, -0.05) is 0 Å². The van der Waals surface area contributed by atoms with Crippen LogP contribution < -0.4 is 0 Å². The Morgan fingerprint density at radius 1 is 1.06 bits per heavy atom. The number of amides is 2. The third kappa shape index (κ3) is 3.84. The molecule has 3 aromatic rings. The van der Waals surface area contributed by atoms with Crippen LogP contribution in [0, 0.1) is 0 Å². The van der Waals surface area contributed by atoms with Gasteiger partial charge in [-0.3, -0.25) is 14.5 Å². The molecule has 0 bridgehead atoms. The molecule has 0 aromatic carbocycles. The summed E-state index contributed by atoms with van der Waals surface area (Å²) >= 11 is 1.33. The second-order valence-electron chi connectivity index (χ2n) is 7.84. The van der Waals surface area contributed by atoms with Gasteiger partial charge in [-0.25, -0.2) is 9.97 Å². The van der Waals surface area contributed by atoms with Gasteiger partial charge < -0.3 is 14.8 Å². The molecule has 0 saturated carbocycles. The van der Waals surface area contributed by atoms with Crippen molar-refractivity contribution in [3.05, 3.63) is 46.2 Å². The number of nitrogens with zero attached hydrogens (tertiary/aromatic N) is 5. The van der Waals surface area contributed by atoms with Gasteiger partial charge >= 0.3 is 6.18 Å². The molecule has 5 heterocycles. The van der Waals surface area contributed by atoms with Gasteiger partial charge in [0.05, 0.1) is 11.0 Å². The van der Waals surface area contributed by atoms with Crippen LogP contribution in [0.5, 0.6) is 0 Å². The quantitative estimate of drug-likeness (QED) is 0.643. The molecule has 2 aliphatic rings. The first kappa shape index (κ1) is 20.9. The fourth-order valence-electron chi connectivity index (χ4n) is 4.06. The van der Waals surface area contributed by atoms with Gasteiger partial charge in [0, 0.05) is 56.9 Å². The number of aromatic amines is 1. The number of H-pyrrole nitrogens is 1. The van der Waals surface area contributed by atoms with Crippen LogP contribution in [0.1, 0.15) is 26.0 Å². The number of alkyl halides is 3. The second-order valence-corrected chi connectivity index (χ2v) is 8.73. The van der Waals surface area contributed by atoms with E-state index in [0.717, 1.165) is 19.2 Å². The number of aromatic nitrogens is 3. The van der Waals surface area contributed by atoms with Crippen LogP contribution in [0.25, 0.3) is 11.0 Å². The van der Waals surface area contributed by atoms with Gasteiger partial charge in [0.25, 0.3) is 11.8 Å². The van der Waals surface area contributed by atoms with Crippen LogP contribution in [0.2, 0.25) is 0 Å². The van der Waals surface area contributed by atoms with E-state index in [2.05, 4.69) is 19.9 Å². The summed E-state index contributed by atoms with van der Waals surface area (Å²) in [7, 11) is 0. The smallest absolute Gasteiger partial charge is 0.349 e. The largest absolute Gasteiger partial charge is 0.433 e. The summed E-state index contributed by atoms with van der Waals surface area (Å²) < 4.78 is 38.6. The normalized spacial score (nSPS) is 18.2. The van der Waals surface area contributed by atoms with E-state index < -0.39 is 11.9 Å². The summed E-state index contributed by atoms with van der Waals surface area (Å²) in [5, 5.41) is 2.27. The van der Waals surface area contributed by atoms with E-state index in [-0.39, 0.29) is 29.1 Å². The number of carbonyl (C=O) groups excluding carboxylic acids is 2. The highest BCUT2D eigenvalue weighted by Gasteiger charge is 2.38. The maximum atomic E-state index is 12.9. The standard InChI is InChI=1S/C20H19F3N6O2S/c21-20(22,23)16-2-1-13-14(26-16)9-15(25-13)18(30)29-10-12(11-29)27-4-6-28(7-5-27)19(31)17-24-3-8-32-17/h1-3,8-9,12,25H,4-7,10-11H2. The van der Waals surface area contributed by atoms with E-state index in [4.69, 9.17) is 0 Å².